The van der Waals surface area contributed by atoms with Gasteiger partial charge in [-0.3, -0.25) is 23.4 Å². The van der Waals surface area contributed by atoms with E-state index in [1.807, 2.05) is 0 Å². The number of phosphoric acid groups is 1. The van der Waals surface area contributed by atoms with Crippen molar-refractivity contribution in [2.75, 3.05) is 26.4 Å². The number of rotatable bonds is 54. The first-order valence-corrected chi connectivity index (χ1v) is 30.4. The molecule has 0 radical (unpaired) electrons. The lowest BCUT2D eigenvalue weighted by Gasteiger charge is -2.21. The fourth-order valence-electron chi connectivity index (χ4n) is 8.20. The Kier molecular flexibility index (Phi) is 51.3. The third-order valence-corrected chi connectivity index (χ3v) is 13.5. The number of esters is 3. The summed E-state index contributed by atoms with van der Waals surface area (Å²) in [6, 6.07) is 0. The molecular formula is C58H107O11P. The summed E-state index contributed by atoms with van der Waals surface area (Å²) in [5.74, 6) is -1.46. The number of unbranched alkanes of at least 4 members (excludes halogenated alkanes) is 31. The molecule has 0 aliphatic rings. The lowest BCUT2D eigenvalue weighted by atomic mass is 10.0. The minimum Gasteiger partial charge on any atom is -0.462 e. The molecule has 0 rings (SSSR count). The van der Waals surface area contributed by atoms with Crippen molar-refractivity contribution in [1.29, 1.82) is 0 Å². The summed E-state index contributed by atoms with van der Waals surface area (Å²) >= 11 is 0. The van der Waals surface area contributed by atoms with Gasteiger partial charge in [-0.1, -0.05) is 243 Å². The Balaban J connectivity index is 4.69. The van der Waals surface area contributed by atoms with Crippen molar-refractivity contribution in [1.82, 2.24) is 0 Å². The van der Waals surface area contributed by atoms with Gasteiger partial charge in [0.1, 0.15) is 12.7 Å². The van der Waals surface area contributed by atoms with Gasteiger partial charge in [0, 0.05) is 19.3 Å². The van der Waals surface area contributed by atoms with Crippen molar-refractivity contribution in [3.63, 3.8) is 0 Å². The molecule has 0 bridgehead atoms. The van der Waals surface area contributed by atoms with E-state index in [-0.39, 0.29) is 25.9 Å². The van der Waals surface area contributed by atoms with E-state index in [0.717, 1.165) is 89.9 Å². The molecule has 0 aliphatic carbocycles. The molecule has 3 atom stereocenters. The van der Waals surface area contributed by atoms with Gasteiger partial charge in [-0.2, -0.15) is 0 Å². The van der Waals surface area contributed by atoms with Gasteiger partial charge in [-0.15, -0.1) is 0 Å². The van der Waals surface area contributed by atoms with Crippen molar-refractivity contribution >= 4 is 25.7 Å². The fraction of sp³-hybridized carbons (Fsp3) is 0.845. The summed E-state index contributed by atoms with van der Waals surface area (Å²) in [6.45, 7) is 4.54. The zero-order chi connectivity index (χ0) is 51.3. The largest absolute Gasteiger partial charge is 0.472 e. The number of aliphatic hydroxyl groups is 1. The van der Waals surface area contributed by atoms with Crippen molar-refractivity contribution in [2.24, 2.45) is 0 Å². The predicted molar refractivity (Wildman–Crippen MR) is 289 cm³/mol. The van der Waals surface area contributed by atoms with E-state index in [4.69, 9.17) is 23.3 Å². The Hall–Kier alpha value is -2.30. The van der Waals surface area contributed by atoms with Crippen LogP contribution in [0.4, 0.5) is 0 Å². The second-order valence-corrected chi connectivity index (χ2v) is 20.9. The van der Waals surface area contributed by atoms with Crippen LogP contribution in [0, 0.1) is 0 Å². The van der Waals surface area contributed by atoms with E-state index in [9.17, 15) is 28.9 Å². The Bertz CT molecular complexity index is 1320. The van der Waals surface area contributed by atoms with Crippen LogP contribution < -0.4 is 0 Å². The van der Waals surface area contributed by atoms with Gasteiger partial charge in [0.25, 0.3) is 0 Å². The van der Waals surface area contributed by atoms with E-state index in [1.54, 1.807) is 0 Å². The van der Waals surface area contributed by atoms with Crippen LogP contribution in [0.3, 0.4) is 0 Å². The smallest absolute Gasteiger partial charge is 0.462 e. The molecule has 0 spiro atoms. The molecule has 410 valence electrons. The number of hydrogen-bond acceptors (Lipinski definition) is 10. The molecular weight excluding hydrogens is 904 g/mol. The number of carbonyl (C=O) groups is 3. The maximum atomic E-state index is 12.9. The molecule has 0 saturated carbocycles. The van der Waals surface area contributed by atoms with Crippen LogP contribution in [-0.2, 0) is 42.2 Å². The lowest BCUT2D eigenvalue weighted by molar-refractivity contribution is -0.161. The van der Waals surface area contributed by atoms with Gasteiger partial charge < -0.3 is 24.2 Å². The highest BCUT2D eigenvalue weighted by molar-refractivity contribution is 7.47. The highest BCUT2D eigenvalue weighted by atomic mass is 31.2. The van der Waals surface area contributed by atoms with Crippen molar-refractivity contribution in [3.05, 3.63) is 36.5 Å². The predicted octanol–water partition coefficient (Wildman–Crippen LogP) is 16.8. The van der Waals surface area contributed by atoms with Crippen LogP contribution in [0.1, 0.15) is 278 Å². The number of carbonyl (C=O) groups excluding carboxylic acids is 3. The molecule has 0 saturated heterocycles. The van der Waals surface area contributed by atoms with Crippen LogP contribution in [0.15, 0.2) is 36.5 Å². The summed E-state index contributed by atoms with van der Waals surface area (Å²) in [5.41, 5.74) is 0. The average Bonchev–Trinajstić information content (AvgIpc) is 3.35. The highest BCUT2D eigenvalue weighted by Gasteiger charge is 2.28. The van der Waals surface area contributed by atoms with Crippen molar-refractivity contribution < 1.29 is 52.2 Å². The van der Waals surface area contributed by atoms with Crippen LogP contribution in [0.25, 0.3) is 0 Å². The van der Waals surface area contributed by atoms with E-state index in [2.05, 4.69) is 57.2 Å². The second kappa shape index (κ2) is 53.0. The molecule has 3 unspecified atom stereocenters. The zero-order valence-corrected chi connectivity index (χ0v) is 46.1. The third kappa shape index (κ3) is 50.6. The lowest BCUT2D eigenvalue weighted by Crippen LogP contribution is -2.30. The first-order valence-electron chi connectivity index (χ1n) is 28.9. The summed E-state index contributed by atoms with van der Waals surface area (Å²) in [6.07, 6.45) is 54.0. The van der Waals surface area contributed by atoms with Gasteiger partial charge in [0.2, 0.25) is 0 Å². The minimum absolute atomic E-state index is 0.171. The number of aliphatic hydroxyl groups excluding tert-OH is 1. The molecule has 0 aromatic heterocycles. The monoisotopic (exact) mass is 1010 g/mol. The molecule has 0 aromatic rings. The summed E-state index contributed by atoms with van der Waals surface area (Å²) < 4.78 is 39.5. The topological polar surface area (TPSA) is 155 Å². The number of allylic oxidation sites excluding steroid dienone is 6. The fourth-order valence-corrected chi connectivity index (χ4v) is 8.98. The molecule has 70 heavy (non-hydrogen) atoms. The first-order chi connectivity index (χ1) is 34.2. The second-order valence-electron chi connectivity index (χ2n) is 19.4. The maximum absolute atomic E-state index is 12.9. The summed E-state index contributed by atoms with van der Waals surface area (Å²) in [5, 5.41) is 9.77. The highest BCUT2D eigenvalue weighted by Crippen LogP contribution is 2.43. The summed E-state index contributed by atoms with van der Waals surface area (Å²) in [4.78, 5) is 48.4. The molecule has 0 aromatic carbocycles. The van der Waals surface area contributed by atoms with Crippen molar-refractivity contribution in [3.8, 4) is 0 Å². The molecule has 2 N–H and O–H groups in total. The van der Waals surface area contributed by atoms with E-state index in [1.165, 1.54) is 128 Å². The van der Waals surface area contributed by atoms with E-state index >= 15 is 0 Å². The number of phosphoric ester groups is 1. The van der Waals surface area contributed by atoms with Crippen LogP contribution in [0.2, 0.25) is 0 Å². The molecule has 0 heterocycles. The van der Waals surface area contributed by atoms with Gasteiger partial charge in [0.15, 0.2) is 6.10 Å². The Morgan fingerprint density at radius 3 is 1.14 bits per heavy atom. The van der Waals surface area contributed by atoms with Crippen LogP contribution in [-0.4, -0.2) is 66.5 Å². The van der Waals surface area contributed by atoms with Gasteiger partial charge in [0.05, 0.1) is 19.8 Å². The Labute approximate surface area is 429 Å². The Morgan fingerprint density at radius 2 is 0.743 bits per heavy atom. The van der Waals surface area contributed by atoms with Crippen LogP contribution >= 0.6 is 7.82 Å². The molecule has 0 aliphatic heterocycles. The Morgan fingerprint density at radius 1 is 0.414 bits per heavy atom. The van der Waals surface area contributed by atoms with Gasteiger partial charge in [-0.25, -0.2) is 4.57 Å². The maximum Gasteiger partial charge on any atom is 0.472 e. The molecule has 0 amide bonds. The number of hydrogen-bond donors (Lipinski definition) is 2. The minimum atomic E-state index is -4.74. The molecule has 12 heteroatoms. The standard InChI is InChI=1S/C58H107O11P/c1-4-7-10-13-16-19-21-23-25-27-29-31-33-36-38-41-44-47-56(60)65-51-55(69-58(62)49-46-43-40-37-34-32-30-28-26-24-22-20-17-14-11-8-5-2)53-67-70(63,64)66-52-54(50-59)68-57(61)48-45-42-39-35-18-15-12-9-6-3/h7,10,16,19,23,25,54-55,59H,4-6,8-9,11-15,17-18,20-22,24,26-53H2,1-3H3,(H,63,64)/b10-7-,19-16-,25-23-. The van der Waals surface area contributed by atoms with E-state index < -0.39 is 57.8 Å². The zero-order valence-electron chi connectivity index (χ0n) is 45.2. The number of ether oxygens (including phenoxy) is 3. The van der Waals surface area contributed by atoms with E-state index in [0.29, 0.717) is 19.3 Å². The molecule has 0 fully saturated rings. The summed E-state index contributed by atoms with van der Waals surface area (Å²) in [7, 11) is -4.74. The quantitative estimate of drug-likeness (QED) is 0.0197. The van der Waals surface area contributed by atoms with Crippen molar-refractivity contribution in [2.45, 2.75) is 290 Å². The van der Waals surface area contributed by atoms with Gasteiger partial charge >= 0.3 is 25.7 Å². The first kappa shape index (κ1) is 67.7. The normalized spacial score (nSPS) is 13.6. The molecule has 11 nitrogen and oxygen atoms in total. The third-order valence-electron chi connectivity index (χ3n) is 12.6. The van der Waals surface area contributed by atoms with Crippen LogP contribution in [0.5, 0.6) is 0 Å². The van der Waals surface area contributed by atoms with Gasteiger partial charge in [-0.05, 0) is 51.4 Å². The SMILES string of the molecule is CC/C=C\C/C=C\C/C=C\CCCCCCCCCC(=O)OCC(COP(=O)(O)OCC(CO)OC(=O)CCCCCCCCCCC)OC(=O)CCCCCCCCCCCCCCCCCCC. The average molecular weight is 1010 g/mol.